The Bertz CT molecular complexity index is 565. The van der Waals surface area contributed by atoms with Crippen LogP contribution in [0.5, 0.6) is 0 Å². The number of piperidine rings is 1. The Balaban J connectivity index is 0.00000200. The maximum atomic E-state index is 13.1. The number of halogens is 2. The summed E-state index contributed by atoms with van der Waals surface area (Å²) in [6.45, 7) is 2.41. The van der Waals surface area contributed by atoms with E-state index in [0.29, 0.717) is 18.7 Å². The zero-order valence-electron chi connectivity index (χ0n) is 11.4. The first-order valence-corrected chi connectivity index (χ1v) is 7.89. The Morgan fingerprint density at radius 3 is 2.70 bits per heavy atom. The standard InChI is InChI=1S/C13H19FN2O2S.ClH/c1-10-8-11(14)5-6-13(10)19(17,18)16-7-3-2-4-12(16)9-15;/h5-6,8,12H,2-4,7,9,15H2,1H3;1H. The van der Waals surface area contributed by atoms with Crippen LogP contribution in [0.15, 0.2) is 23.1 Å². The van der Waals surface area contributed by atoms with Crippen molar-refractivity contribution in [2.24, 2.45) is 5.73 Å². The SMILES string of the molecule is Cc1cc(F)ccc1S(=O)(=O)N1CCCCC1CN.Cl. The topological polar surface area (TPSA) is 63.4 Å². The van der Waals surface area contributed by atoms with Crippen LogP contribution >= 0.6 is 12.4 Å². The van der Waals surface area contributed by atoms with Crippen molar-refractivity contribution in [3.8, 4) is 0 Å². The van der Waals surface area contributed by atoms with E-state index in [1.165, 1.54) is 22.5 Å². The van der Waals surface area contributed by atoms with E-state index in [9.17, 15) is 12.8 Å². The molecular formula is C13H20ClFN2O2S. The van der Waals surface area contributed by atoms with Gasteiger partial charge in [0, 0.05) is 19.1 Å². The molecule has 2 N–H and O–H groups in total. The molecule has 0 aliphatic carbocycles. The number of aryl methyl sites for hydroxylation is 1. The minimum absolute atomic E-state index is 0. The monoisotopic (exact) mass is 322 g/mol. The van der Waals surface area contributed by atoms with Gasteiger partial charge in [-0.1, -0.05) is 6.42 Å². The highest BCUT2D eigenvalue weighted by Gasteiger charge is 2.33. The Kier molecular flexibility index (Phi) is 5.94. The number of nitrogens with two attached hydrogens (primary N) is 1. The van der Waals surface area contributed by atoms with E-state index in [0.717, 1.165) is 19.3 Å². The summed E-state index contributed by atoms with van der Waals surface area (Å²) in [5.74, 6) is -0.425. The first kappa shape index (κ1) is 17.4. The van der Waals surface area contributed by atoms with Gasteiger partial charge in [0.05, 0.1) is 4.90 Å². The van der Waals surface area contributed by atoms with E-state index in [2.05, 4.69) is 0 Å². The molecule has 0 radical (unpaired) electrons. The molecule has 2 rings (SSSR count). The first-order chi connectivity index (χ1) is 8.96. The van der Waals surface area contributed by atoms with Crippen molar-refractivity contribution in [1.82, 2.24) is 4.31 Å². The lowest BCUT2D eigenvalue weighted by atomic mass is 10.1. The predicted octanol–water partition coefficient (Wildman–Crippen LogP) is 2.06. The van der Waals surface area contributed by atoms with E-state index in [-0.39, 0.29) is 23.3 Å². The molecule has 1 heterocycles. The van der Waals surface area contributed by atoms with Gasteiger partial charge in [-0.2, -0.15) is 4.31 Å². The minimum Gasteiger partial charge on any atom is -0.329 e. The van der Waals surface area contributed by atoms with Crippen LogP contribution in [0.25, 0.3) is 0 Å². The summed E-state index contributed by atoms with van der Waals surface area (Å²) in [5, 5.41) is 0. The van der Waals surface area contributed by atoms with Crippen LogP contribution in [0.3, 0.4) is 0 Å². The van der Waals surface area contributed by atoms with Gasteiger partial charge in [0.2, 0.25) is 10.0 Å². The van der Waals surface area contributed by atoms with Crippen LogP contribution in [0, 0.1) is 12.7 Å². The molecule has 1 fully saturated rings. The van der Waals surface area contributed by atoms with Gasteiger partial charge in [0.25, 0.3) is 0 Å². The Labute approximate surface area is 125 Å². The molecule has 0 saturated carbocycles. The van der Waals surface area contributed by atoms with E-state index in [1.54, 1.807) is 6.92 Å². The van der Waals surface area contributed by atoms with Crippen LogP contribution in [-0.4, -0.2) is 31.9 Å². The molecule has 4 nitrogen and oxygen atoms in total. The predicted molar refractivity (Wildman–Crippen MR) is 79.0 cm³/mol. The molecule has 1 aliphatic heterocycles. The second-order valence-corrected chi connectivity index (χ2v) is 6.77. The summed E-state index contributed by atoms with van der Waals surface area (Å²) in [5.41, 5.74) is 6.10. The maximum Gasteiger partial charge on any atom is 0.243 e. The van der Waals surface area contributed by atoms with Crippen molar-refractivity contribution in [2.45, 2.75) is 37.1 Å². The van der Waals surface area contributed by atoms with Crippen LogP contribution < -0.4 is 5.73 Å². The highest BCUT2D eigenvalue weighted by molar-refractivity contribution is 7.89. The van der Waals surface area contributed by atoms with Gasteiger partial charge in [-0.3, -0.25) is 0 Å². The van der Waals surface area contributed by atoms with Gasteiger partial charge in [-0.25, -0.2) is 12.8 Å². The zero-order valence-corrected chi connectivity index (χ0v) is 13.0. The average molecular weight is 323 g/mol. The van der Waals surface area contributed by atoms with Gasteiger partial charge in [0.15, 0.2) is 0 Å². The van der Waals surface area contributed by atoms with Gasteiger partial charge in [-0.05, 0) is 43.5 Å². The first-order valence-electron chi connectivity index (χ1n) is 6.45. The molecule has 7 heteroatoms. The van der Waals surface area contributed by atoms with E-state index in [1.807, 2.05) is 0 Å². The summed E-state index contributed by atoms with van der Waals surface area (Å²) in [7, 11) is -3.58. The molecule has 1 aromatic rings. The zero-order chi connectivity index (χ0) is 14.0. The smallest absolute Gasteiger partial charge is 0.243 e. The maximum absolute atomic E-state index is 13.1. The Morgan fingerprint density at radius 2 is 2.10 bits per heavy atom. The molecule has 114 valence electrons. The van der Waals surface area contributed by atoms with E-state index < -0.39 is 15.8 Å². The lowest BCUT2D eigenvalue weighted by Crippen LogP contribution is -2.47. The summed E-state index contributed by atoms with van der Waals surface area (Å²) in [6, 6.07) is 3.61. The third-order valence-corrected chi connectivity index (χ3v) is 5.68. The fourth-order valence-electron chi connectivity index (χ4n) is 2.55. The fraction of sp³-hybridized carbons (Fsp3) is 0.538. The van der Waals surface area contributed by atoms with Crippen molar-refractivity contribution in [3.63, 3.8) is 0 Å². The summed E-state index contributed by atoms with van der Waals surface area (Å²) >= 11 is 0. The van der Waals surface area contributed by atoms with Gasteiger partial charge in [0.1, 0.15) is 5.82 Å². The van der Waals surface area contributed by atoms with E-state index >= 15 is 0 Å². The van der Waals surface area contributed by atoms with Crippen LogP contribution in [0.1, 0.15) is 24.8 Å². The third-order valence-electron chi connectivity index (χ3n) is 3.57. The average Bonchev–Trinajstić information content (AvgIpc) is 2.38. The molecule has 1 saturated heterocycles. The quantitative estimate of drug-likeness (QED) is 0.926. The van der Waals surface area contributed by atoms with Crippen LogP contribution in [0.2, 0.25) is 0 Å². The molecule has 20 heavy (non-hydrogen) atoms. The van der Waals surface area contributed by atoms with Crippen molar-refractivity contribution in [1.29, 1.82) is 0 Å². The highest BCUT2D eigenvalue weighted by atomic mass is 35.5. The van der Waals surface area contributed by atoms with Gasteiger partial charge in [-0.15, -0.1) is 12.4 Å². The highest BCUT2D eigenvalue weighted by Crippen LogP contribution is 2.27. The second-order valence-electron chi connectivity index (χ2n) is 4.91. The third kappa shape index (κ3) is 3.31. The molecule has 1 aromatic carbocycles. The largest absolute Gasteiger partial charge is 0.329 e. The van der Waals surface area contributed by atoms with Crippen LogP contribution in [0.4, 0.5) is 4.39 Å². The van der Waals surface area contributed by atoms with E-state index in [4.69, 9.17) is 5.73 Å². The molecule has 1 unspecified atom stereocenters. The number of hydrogen-bond donors (Lipinski definition) is 1. The number of nitrogens with zero attached hydrogens (tertiary/aromatic N) is 1. The van der Waals surface area contributed by atoms with Crippen molar-refractivity contribution < 1.29 is 12.8 Å². The minimum atomic E-state index is -3.58. The summed E-state index contributed by atoms with van der Waals surface area (Å²) in [4.78, 5) is 0.175. The van der Waals surface area contributed by atoms with Gasteiger partial charge >= 0.3 is 0 Å². The molecule has 0 spiro atoms. The molecule has 0 amide bonds. The van der Waals surface area contributed by atoms with Crippen molar-refractivity contribution >= 4 is 22.4 Å². The lowest BCUT2D eigenvalue weighted by molar-refractivity contribution is 0.257. The Hall–Kier alpha value is -0.690. The lowest BCUT2D eigenvalue weighted by Gasteiger charge is -2.34. The van der Waals surface area contributed by atoms with Crippen molar-refractivity contribution in [2.75, 3.05) is 13.1 Å². The summed E-state index contributed by atoms with van der Waals surface area (Å²) in [6.07, 6.45) is 2.63. The number of hydrogen-bond acceptors (Lipinski definition) is 3. The number of sulfonamides is 1. The molecule has 0 bridgehead atoms. The summed E-state index contributed by atoms with van der Waals surface area (Å²) < 4.78 is 39.8. The van der Waals surface area contributed by atoms with Gasteiger partial charge < -0.3 is 5.73 Å². The second kappa shape index (κ2) is 6.85. The molecule has 0 aromatic heterocycles. The molecule has 1 atom stereocenters. The van der Waals surface area contributed by atoms with Crippen molar-refractivity contribution in [3.05, 3.63) is 29.6 Å². The number of rotatable bonds is 3. The number of benzene rings is 1. The fourth-order valence-corrected chi connectivity index (χ4v) is 4.47. The molecular weight excluding hydrogens is 303 g/mol. The molecule has 1 aliphatic rings. The Morgan fingerprint density at radius 1 is 1.40 bits per heavy atom. The normalized spacial score (nSPS) is 20.4. The van der Waals surface area contributed by atoms with Crippen LogP contribution in [-0.2, 0) is 10.0 Å².